The summed E-state index contributed by atoms with van der Waals surface area (Å²) in [7, 11) is 3.37. The van der Waals surface area contributed by atoms with Gasteiger partial charge in [-0.25, -0.2) is 4.98 Å². The number of aromatic nitrogens is 1. The van der Waals surface area contributed by atoms with Crippen LogP contribution >= 0.6 is 0 Å². The van der Waals surface area contributed by atoms with Gasteiger partial charge in [0.25, 0.3) is 0 Å². The van der Waals surface area contributed by atoms with Gasteiger partial charge in [-0.1, -0.05) is 0 Å². The van der Waals surface area contributed by atoms with E-state index in [1.54, 1.807) is 32.4 Å². The monoisotopic (exact) mass is 288 g/mol. The largest absolute Gasteiger partial charge is 0.388 e. The van der Waals surface area contributed by atoms with Crippen molar-refractivity contribution in [2.24, 2.45) is 0 Å². The van der Waals surface area contributed by atoms with Gasteiger partial charge in [-0.3, -0.25) is 4.79 Å². The molecule has 0 aliphatic carbocycles. The summed E-state index contributed by atoms with van der Waals surface area (Å²) in [4.78, 5) is 19.5. The molecule has 1 atom stereocenters. The van der Waals surface area contributed by atoms with Crippen LogP contribution in [0.1, 0.15) is 24.8 Å². The number of carbonyl (C=O) groups is 1. The molecule has 1 unspecified atom stereocenters. The molecule has 1 aromatic rings. The summed E-state index contributed by atoms with van der Waals surface area (Å²) >= 11 is 0. The Hall–Kier alpha value is -2.13. The number of aliphatic hydroxyl groups is 1. The number of anilines is 1. The molecule has 6 heteroatoms. The molecule has 0 bridgehead atoms. The van der Waals surface area contributed by atoms with E-state index < -0.39 is 5.60 Å². The number of amides is 1. The summed E-state index contributed by atoms with van der Waals surface area (Å²) in [5.41, 5.74) is -0.498. The molecule has 1 fully saturated rings. The Kier molecular flexibility index (Phi) is 4.43. The third-order valence-corrected chi connectivity index (χ3v) is 3.73. The molecule has 2 rings (SSSR count). The summed E-state index contributed by atoms with van der Waals surface area (Å²) in [6, 6.07) is 5.44. The summed E-state index contributed by atoms with van der Waals surface area (Å²) in [6.45, 7) is 1.12. The van der Waals surface area contributed by atoms with E-state index >= 15 is 0 Å². The number of hydrogen-bond acceptors (Lipinski definition) is 5. The number of nitrogens with zero attached hydrogens (tertiary/aromatic N) is 4. The smallest absolute Gasteiger partial charge is 0.225 e. The molecule has 1 aliphatic heterocycles. The molecule has 1 saturated heterocycles. The second-order valence-corrected chi connectivity index (χ2v) is 5.73. The summed E-state index contributed by atoms with van der Waals surface area (Å²) in [6.07, 6.45) is 3.08. The van der Waals surface area contributed by atoms with Gasteiger partial charge in [-0.05, 0) is 25.0 Å². The lowest BCUT2D eigenvalue weighted by Crippen LogP contribution is -2.50. The SMILES string of the molecule is CN(C)C(=O)CC1(O)CCCN(c2cc(C#N)ccn2)C1. The quantitative estimate of drug-likeness (QED) is 0.888. The minimum absolute atomic E-state index is 0.0851. The summed E-state index contributed by atoms with van der Waals surface area (Å²) in [5.74, 6) is 0.586. The fourth-order valence-electron chi connectivity index (χ4n) is 2.55. The van der Waals surface area contributed by atoms with Crippen molar-refractivity contribution in [2.75, 3.05) is 32.1 Å². The highest BCUT2D eigenvalue weighted by Crippen LogP contribution is 2.28. The lowest BCUT2D eigenvalue weighted by Gasteiger charge is -2.39. The van der Waals surface area contributed by atoms with Crippen molar-refractivity contribution in [3.63, 3.8) is 0 Å². The lowest BCUT2D eigenvalue weighted by atomic mass is 9.89. The first-order valence-electron chi connectivity index (χ1n) is 6.97. The third-order valence-electron chi connectivity index (χ3n) is 3.73. The van der Waals surface area contributed by atoms with Crippen LogP contribution in [-0.4, -0.2) is 53.7 Å². The molecule has 0 aromatic carbocycles. The minimum atomic E-state index is -1.04. The molecule has 0 saturated carbocycles. The van der Waals surface area contributed by atoms with Gasteiger partial charge in [0.05, 0.1) is 23.7 Å². The maximum atomic E-state index is 11.8. The van der Waals surface area contributed by atoms with Crippen LogP contribution in [-0.2, 0) is 4.79 Å². The topological polar surface area (TPSA) is 80.5 Å². The Morgan fingerprint density at radius 2 is 2.38 bits per heavy atom. The predicted octanol–water partition coefficient (Wildman–Crippen LogP) is 0.763. The minimum Gasteiger partial charge on any atom is -0.388 e. The second-order valence-electron chi connectivity index (χ2n) is 5.73. The Morgan fingerprint density at radius 3 is 3.05 bits per heavy atom. The van der Waals surface area contributed by atoms with Crippen molar-refractivity contribution in [3.05, 3.63) is 23.9 Å². The van der Waals surface area contributed by atoms with Crippen LogP contribution in [0.15, 0.2) is 18.3 Å². The molecule has 1 amide bonds. The molecule has 6 nitrogen and oxygen atoms in total. The zero-order chi connectivity index (χ0) is 15.5. The molecular formula is C15H20N4O2. The summed E-state index contributed by atoms with van der Waals surface area (Å²) < 4.78 is 0. The van der Waals surface area contributed by atoms with E-state index in [0.29, 0.717) is 24.3 Å². The van der Waals surface area contributed by atoms with Gasteiger partial charge in [0.2, 0.25) is 5.91 Å². The lowest BCUT2D eigenvalue weighted by molar-refractivity contribution is -0.134. The van der Waals surface area contributed by atoms with Crippen molar-refractivity contribution in [1.82, 2.24) is 9.88 Å². The van der Waals surface area contributed by atoms with E-state index in [9.17, 15) is 9.90 Å². The number of rotatable bonds is 3. The molecule has 21 heavy (non-hydrogen) atoms. The van der Waals surface area contributed by atoms with Crippen LogP contribution in [0.3, 0.4) is 0 Å². The fourth-order valence-corrected chi connectivity index (χ4v) is 2.55. The molecule has 1 aromatic heterocycles. The fraction of sp³-hybridized carbons (Fsp3) is 0.533. The number of pyridine rings is 1. The van der Waals surface area contributed by atoms with Crippen LogP contribution in [0.2, 0.25) is 0 Å². The van der Waals surface area contributed by atoms with Gasteiger partial charge in [-0.2, -0.15) is 5.26 Å². The van der Waals surface area contributed by atoms with Gasteiger partial charge in [0, 0.05) is 33.4 Å². The highest BCUT2D eigenvalue weighted by molar-refractivity contribution is 5.76. The van der Waals surface area contributed by atoms with Gasteiger partial charge in [-0.15, -0.1) is 0 Å². The van der Waals surface area contributed by atoms with Gasteiger partial charge in [0.1, 0.15) is 5.82 Å². The van der Waals surface area contributed by atoms with Crippen LogP contribution in [0.5, 0.6) is 0 Å². The van der Waals surface area contributed by atoms with Gasteiger partial charge >= 0.3 is 0 Å². The molecule has 0 spiro atoms. The Morgan fingerprint density at radius 1 is 1.62 bits per heavy atom. The Bertz CT molecular complexity index is 567. The maximum Gasteiger partial charge on any atom is 0.225 e. The predicted molar refractivity (Wildman–Crippen MR) is 78.7 cm³/mol. The van der Waals surface area contributed by atoms with Crippen LogP contribution in [0.25, 0.3) is 0 Å². The molecule has 1 N–H and O–H groups in total. The number of piperidine rings is 1. The first-order valence-corrected chi connectivity index (χ1v) is 6.97. The van der Waals surface area contributed by atoms with E-state index in [1.165, 1.54) is 4.90 Å². The van der Waals surface area contributed by atoms with Crippen molar-refractivity contribution in [1.29, 1.82) is 5.26 Å². The highest BCUT2D eigenvalue weighted by Gasteiger charge is 2.36. The molecule has 1 aliphatic rings. The Balaban J connectivity index is 2.13. The van der Waals surface area contributed by atoms with Crippen LogP contribution < -0.4 is 4.90 Å². The second kappa shape index (κ2) is 6.10. The van der Waals surface area contributed by atoms with Crippen molar-refractivity contribution in [2.45, 2.75) is 24.9 Å². The maximum absolute atomic E-state index is 11.8. The zero-order valence-electron chi connectivity index (χ0n) is 12.4. The molecule has 112 valence electrons. The number of hydrogen-bond donors (Lipinski definition) is 1. The van der Waals surface area contributed by atoms with Gasteiger partial charge in [0.15, 0.2) is 0 Å². The normalized spacial score (nSPS) is 21.7. The first kappa shape index (κ1) is 15.3. The van der Waals surface area contributed by atoms with Crippen molar-refractivity contribution in [3.8, 4) is 6.07 Å². The average molecular weight is 288 g/mol. The number of carbonyl (C=O) groups excluding carboxylic acids is 1. The molecule has 0 radical (unpaired) electrons. The van der Waals surface area contributed by atoms with Crippen molar-refractivity contribution >= 4 is 11.7 Å². The van der Waals surface area contributed by atoms with E-state index in [-0.39, 0.29) is 12.3 Å². The first-order chi connectivity index (χ1) is 9.93. The summed E-state index contributed by atoms with van der Waals surface area (Å²) in [5, 5.41) is 19.6. The van der Waals surface area contributed by atoms with E-state index in [1.807, 2.05) is 4.90 Å². The molecule has 2 heterocycles. The van der Waals surface area contributed by atoms with E-state index in [2.05, 4.69) is 11.1 Å². The standard InChI is InChI=1S/C15H20N4O2/c1-18(2)14(20)9-15(21)5-3-7-19(11-15)13-8-12(10-16)4-6-17-13/h4,6,8,21H,3,5,7,9,11H2,1-2H3. The highest BCUT2D eigenvalue weighted by atomic mass is 16.3. The number of nitriles is 1. The van der Waals surface area contributed by atoms with E-state index in [0.717, 1.165) is 13.0 Å². The van der Waals surface area contributed by atoms with Gasteiger partial charge < -0.3 is 14.9 Å². The molecular weight excluding hydrogens is 268 g/mol. The van der Waals surface area contributed by atoms with Crippen molar-refractivity contribution < 1.29 is 9.90 Å². The average Bonchev–Trinajstić information content (AvgIpc) is 2.46. The number of β-amino-alcohol motifs (C(OH)–C–C–N with tert-alkyl or cyclic N) is 1. The Labute approximate surface area is 124 Å². The zero-order valence-corrected chi connectivity index (χ0v) is 12.4. The van der Waals surface area contributed by atoms with Crippen LogP contribution in [0, 0.1) is 11.3 Å². The third kappa shape index (κ3) is 3.70. The van der Waals surface area contributed by atoms with E-state index in [4.69, 9.17) is 5.26 Å². The van der Waals surface area contributed by atoms with Crippen LogP contribution in [0.4, 0.5) is 5.82 Å².